The molecule has 0 spiro atoms. The van der Waals surface area contributed by atoms with E-state index in [9.17, 15) is 8.42 Å². The first-order valence-corrected chi connectivity index (χ1v) is 7.73. The molecular formula is C15H17NO3S. The van der Waals surface area contributed by atoms with Crippen molar-refractivity contribution in [2.24, 2.45) is 5.14 Å². The predicted molar refractivity (Wildman–Crippen MR) is 78.1 cm³/mol. The van der Waals surface area contributed by atoms with Crippen LogP contribution in [0.4, 0.5) is 0 Å². The second-order valence-corrected chi connectivity index (χ2v) is 6.20. The minimum absolute atomic E-state index is 0.171. The molecule has 106 valence electrons. The zero-order chi connectivity index (χ0) is 14.8. The molecule has 0 aliphatic rings. The Kier molecular flexibility index (Phi) is 4.11. The van der Waals surface area contributed by atoms with Gasteiger partial charge in [0, 0.05) is 0 Å². The van der Waals surface area contributed by atoms with E-state index in [2.05, 4.69) is 0 Å². The van der Waals surface area contributed by atoms with Gasteiger partial charge in [0.25, 0.3) is 0 Å². The molecule has 0 saturated carbocycles. The Morgan fingerprint density at radius 2 is 1.60 bits per heavy atom. The Labute approximate surface area is 119 Å². The van der Waals surface area contributed by atoms with Gasteiger partial charge < -0.3 is 4.74 Å². The molecule has 0 radical (unpaired) electrons. The maximum atomic E-state index is 11.5. The highest BCUT2D eigenvalue weighted by Crippen LogP contribution is 2.25. The molecule has 2 aromatic carbocycles. The molecule has 5 heteroatoms. The predicted octanol–water partition coefficient (Wildman–Crippen LogP) is 2.53. The molecule has 0 unspecified atom stereocenters. The van der Waals surface area contributed by atoms with Gasteiger partial charge in [-0.15, -0.1) is 0 Å². The Hall–Kier alpha value is -1.85. The van der Waals surface area contributed by atoms with Crippen LogP contribution >= 0.6 is 0 Å². The standard InChI is InChI=1S/C15H17NO3S/c1-11-8-14(9-12(2)15(11)20(16,17)18)19-10-13-6-4-3-5-7-13/h3-9H,10H2,1-2H3,(H2,16,17,18). The summed E-state index contributed by atoms with van der Waals surface area (Å²) in [7, 11) is -3.70. The van der Waals surface area contributed by atoms with Crippen LogP contribution in [-0.2, 0) is 16.6 Å². The van der Waals surface area contributed by atoms with E-state index in [1.165, 1.54) is 0 Å². The van der Waals surface area contributed by atoms with Crippen molar-refractivity contribution in [2.75, 3.05) is 0 Å². The monoisotopic (exact) mass is 291 g/mol. The molecule has 0 saturated heterocycles. The second-order valence-electron chi connectivity index (χ2n) is 4.71. The fourth-order valence-corrected chi connectivity index (χ4v) is 3.20. The summed E-state index contributed by atoms with van der Waals surface area (Å²) in [5, 5.41) is 5.20. The zero-order valence-corrected chi connectivity index (χ0v) is 12.3. The Morgan fingerprint density at radius 3 is 2.10 bits per heavy atom. The van der Waals surface area contributed by atoms with Gasteiger partial charge in [-0.3, -0.25) is 0 Å². The van der Waals surface area contributed by atoms with Gasteiger partial charge in [-0.25, -0.2) is 13.6 Å². The average Bonchev–Trinajstić information content (AvgIpc) is 2.35. The second kappa shape index (κ2) is 5.64. The van der Waals surface area contributed by atoms with Gasteiger partial charge >= 0.3 is 0 Å². The lowest BCUT2D eigenvalue weighted by atomic mass is 10.1. The average molecular weight is 291 g/mol. The van der Waals surface area contributed by atoms with Gasteiger partial charge in [0.15, 0.2) is 0 Å². The van der Waals surface area contributed by atoms with Crippen LogP contribution in [0.25, 0.3) is 0 Å². The molecule has 2 rings (SSSR count). The largest absolute Gasteiger partial charge is 0.489 e. The Morgan fingerprint density at radius 1 is 1.05 bits per heavy atom. The van der Waals surface area contributed by atoms with Gasteiger partial charge in [0.05, 0.1) is 4.90 Å². The molecule has 0 bridgehead atoms. The van der Waals surface area contributed by atoms with Gasteiger partial charge in [0.1, 0.15) is 12.4 Å². The van der Waals surface area contributed by atoms with Crippen molar-refractivity contribution >= 4 is 10.0 Å². The van der Waals surface area contributed by atoms with Crippen LogP contribution in [0.1, 0.15) is 16.7 Å². The molecule has 2 N–H and O–H groups in total. The summed E-state index contributed by atoms with van der Waals surface area (Å²) in [6, 6.07) is 13.2. The first kappa shape index (κ1) is 14.6. The van der Waals surface area contributed by atoms with Crippen LogP contribution in [-0.4, -0.2) is 8.42 Å². The van der Waals surface area contributed by atoms with E-state index < -0.39 is 10.0 Å². The molecule has 0 heterocycles. The number of sulfonamides is 1. The molecule has 4 nitrogen and oxygen atoms in total. The Bertz CT molecular complexity index is 686. The first-order chi connectivity index (χ1) is 9.38. The highest BCUT2D eigenvalue weighted by Gasteiger charge is 2.16. The van der Waals surface area contributed by atoms with Gasteiger partial charge in [-0.1, -0.05) is 30.3 Å². The fraction of sp³-hybridized carbons (Fsp3) is 0.200. The van der Waals surface area contributed by atoms with E-state index in [1.807, 2.05) is 30.3 Å². The summed E-state index contributed by atoms with van der Waals surface area (Å²) >= 11 is 0. The highest BCUT2D eigenvalue weighted by atomic mass is 32.2. The smallest absolute Gasteiger partial charge is 0.238 e. The molecular weight excluding hydrogens is 274 g/mol. The van der Waals surface area contributed by atoms with E-state index >= 15 is 0 Å². The molecule has 2 aromatic rings. The van der Waals surface area contributed by atoms with Crippen LogP contribution in [0.5, 0.6) is 5.75 Å². The lowest BCUT2D eigenvalue weighted by molar-refractivity contribution is 0.305. The first-order valence-electron chi connectivity index (χ1n) is 6.18. The summed E-state index contributed by atoms with van der Waals surface area (Å²) in [6.07, 6.45) is 0. The number of primary sulfonamides is 1. The van der Waals surface area contributed by atoms with Crippen molar-refractivity contribution < 1.29 is 13.2 Å². The van der Waals surface area contributed by atoms with E-state index in [0.717, 1.165) is 5.56 Å². The highest BCUT2D eigenvalue weighted by molar-refractivity contribution is 7.89. The topological polar surface area (TPSA) is 69.4 Å². The molecule has 0 aliphatic heterocycles. The van der Waals surface area contributed by atoms with E-state index in [1.54, 1.807) is 26.0 Å². The van der Waals surface area contributed by atoms with Crippen molar-refractivity contribution in [2.45, 2.75) is 25.3 Å². The van der Waals surface area contributed by atoms with Crippen molar-refractivity contribution in [1.29, 1.82) is 0 Å². The molecule has 0 aliphatic carbocycles. The van der Waals surface area contributed by atoms with Crippen molar-refractivity contribution in [1.82, 2.24) is 0 Å². The summed E-state index contributed by atoms with van der Waals surface area (Å²) in [6.45, 7) is 3.86. The van der Waals surface area contributed by atoms with Crippen molar-refractivity contribution in [3.63, 3.8) is 0 Å². The van der Waals surface area contributed by atoms with Crippen LogP contribution in [0, 0.1) is 13.8 Å². The maximum Gasteiger partial charge on any atom is 0.238 e. The lowest BCUT2D eigenvalue weighted by Gasteiger charge is -2.12. The SMILES string of the molecule is Cc1cc(OCc2ccccc2)cc(C)c1S(N)(=O)=O. The van der Waals surface area contributed by atoms with Crippen LogP contribution in [0.2, 0.25) is 0 Å². The van der Waals surface area contributed by atoms with E-state index in [0.29, 0.717) is 23.5 Å². The zero-order valence-electron chi connectivity index (χ0n) is 11.5. The normalized spacial score (nSPS) is 11.3. The number of aryl methyl sites for hydroxylation is 2. The third kappa shape index (κ3) is 3.37. The maximum absolute atomic E-state index is 11.5. The minimum atomic E-state index is -3.70. The van der Waals surface area contributed by atoms with Crippen LogP contribution in [0.15, 0.2) is 47.4 Å². The van der Waals surface area contributed by atoms with Gasteiger partial charge in [-0.05, 0) is 42.7 Å². The molecule has 0 aromatic heterocycles. The summed E-state index contributed by atoms with van der Waals surface area (Å²) in [5.41, 5.74) is 2.24. The Balaban J connectivity index is 2.23. The fourth-order valence-electron chi connectivity index (χ4n) is 2.18. The van der Waals surface area contributed by atoms with Crippen LogP contribution < -0.4 is 9.88 Å². The molecule has 20 heavy (non-hydrogen) atoms. The number of ether oxygens (including phenoxy) is 1. The summed E-state index contributed by atoms with van der Waals surface area (Å²) < 4.78 is 28.7. The molecule has 0 fully saturated rings. The molecule has 0 amide bonds. The third-order valence-electron chi connectivity index (χ3n) is 2.97. The number of rotatable bonds is 4. The van der Waals surface area contributed by atoms with Gasteiger partial charge in [0.2, 0.25) is 10.0 Å². The quantitative estimate of drug-likeness (QED) is 0.941. The van der Waals surface area contributed by atoms with Crippen LogP contribution in [0.3, 0.4) is 0 Å². The van der Waals surface area contributed by atoms with Crippen molar-refractivity contribution in [3.05, 3.63) is 59.2 Å². The summed E-state index contributed by atoms with van der Waals surface area (Å²) in [5.74, 6) is 0.635. The number of hydrogen-bond acceptors (Lipinski definition) is 3. The third-order valence-corrected chi connectivity index (χ3v) is 4.18. The van der Waals surface area contributed by atoms with Gasteiger partial charge in [-0.2, -0.15) is 0 Å². The number of nitrogens with two attached hydrogens (primary N) is 1. The lowest BCUT2D eigenvalue weighted by Crippen LogP contribution is -2.15. The van der Waals surface area contributed by atoms with Crippen molar-refractivity contribution in [3.8, 4) is 5.75 Å². The minimum Gasteiger partial charge on any atom is -0.489 e. The van der Waals surface area contributed by atoms with E-state index in [4.69, 9.17) is 9.88 Å². The number of hydrogen-bond donors (Lipinski definition) is 1. The summed E-state index contributed by atoms with van der Waals surface area (Å²) in [4.78, 5) is 0.171. The molecule has 0 atom stereocenters. The number of benzene rings is 2. The van der Waals surface area contributed by atoms with E-state index in [-0.39, 0.29) is 4.90 Å².